The third-order valence-electron chi connectivity index (χ3n) is 7.07. The third-order valence-corrected chi connectivity index (χ3v) is 7.07. The highest BCUT2D eigenvalue weighted by molar-refractivity contribution is 6.00. The van der Waals surface area contributed by atoms with Crippen LogP contribution in [0.3, 0.4) is 0 Å². The van der Waals surface area contributed by atoms with Gasteiger partial charge in [0.1, 0.15) is 29.1 Å². The lowest BCUT2D eigenvalue weighted by Gasteiger charge is -2.41. The van der Waals surface area contributed by atoms with E-state index in [1.165, 1.54) is 7.11 Å². The molecule has 180 valence electrons. The van der Waals surface area contributed by atoms with Gasteiger partial charge in [-0.3, -0.25) is 14.4 Å². The lowest BCUT2D eigenvalue weighted by molar-refractivity contribution is 0.0497. The summed E-state index contributed by atoms with van der Waals surface area (Å²) in [7, 11) is 1.42. The van der Waals surface area contributed by atoms with Gasteiger partial charge in [0, 0.05) is 50.9 Å². The highest BCUT2D eigenvalue weighted by atomic mass is 19.1. The highest BCUT2D eigenvalue weighted by Crippen LogP contribution is 2.50. The zero-order valence-electron chi connectivity index (χ0n) is 18.3. The summed E-state index contributed by atoms with van der Waals surface area (Å²) in [6, 6.07) is 0.968. The number of aromatic nitrogens is 1. The summed E-state index contributed by atoms with van der Waals surface area (Å²) in [6.45, 7) is 0.201. The van der Waals surface area contributed by atoms with Crippen molar-refractivity contribution < 1.29 is 32.6 Å². The summed E-state index contributed by atoms with van der Waals surface area (Å²) in [5.74, 6) is -5.81. The Bertz CT molecular complexity index is 1270. The van der Waals surface area contributed by atoms with Crippen LogP contribution in [0.1, 0.15) is 63.9 Å². The monoisotopic (exact) mass is 477 g/mol. The Labute approximate surface area is 191 Å². The number of fused-ring (bicyclic) bond motifs is 1. The maximum absolute atomic E-state index is 14.0. The molecule has 4 heterocycles. The first-order chi connectivity index (χ1) is 16.2. The second kappa shape index (κ2) is 7.86. The predicted molar refractivity (Wildman–Crippen MR) is 112 cm³/mol. The number of methoxy groups -OCH3 is 1. The van der Waals surface area contributed by atoms with Gasteiger partial charge in [0.25, 0.3) is 11.8 Å². The zero-order valence-corrected chi connectivity index (χ0v) is 18.3. The van der Waals surface area contributed by atoms with E-state index >= 15 is 0 Å². The van der Waals surface area contributed by atoms with Crippen molar-refractivity contribution in [2.75, 3.05) is 20.2 Å². The number of rotatable bonds is 4. The van der Waals surface area contributed by atoms with Crippen molar-refractivity contribution in [1.82, 2.24) is 14.8 Å². The number of amides is 2. The number of hydrogen-bond donors (Lipinski definition) is 2. The van der Waals surface area contributed by atoms with E-state index in [1.807, 2.05) is 0 Å². The first kappa shape index (κ1) is 22.5. The molecular formula is C23H22F3N3O5. The Balaban J connectivity index is 1.63. The molecule has 1 spiro atoms. The fourth-order valence-corrected chi connectivity index (χ4v) is 5.56. The van der Waals surface area contributed by atoms with Gasteiger partial charge in [-0.05, 0) is 19.3 Å². The number of ether oxygens (including phenoxy) is 1. The number of nitrogens with one attached hydrogen (secondary N) is 1. The first-order valence-corrected chi connectivity index (χ1v) is 10.9. The van der Waals surface area contributed by atoms with Crippen molar-refractivity contribution >= 4 is 11.8 Å². The van der Waals surface area contributed by atoms with E-state index in [0.29, 0.717) is 38.1 Å². The number of benzene rings is 1. The van der Waals surface area contributed by atoms with Gasteiger partial charge in [0.2, 0.25) is 5.43 Å². The molecule has 1 aromatic carbocycles. The van der Waals surface area contributed by atoms with Gasteiger partial charge >= 0.3 is 0 Å². The van der Waals surface area contributed by atoms with Crippen LogP contribution in [0.4, 0.5) is 13.2 Å². The summed E-state index contributed by atoms with van der Waals surface area (Å²) in [4.78, 5) is 41.0. The Morgan fingerprint density at radius 1 is 1.24 bits per heavy atom. The molecule has 2 atom stereocenters. The van der Waals surface area contributed by atoms with E-state index in [-0.39, 0.29) is 11.4 Å². The Hall–Kier alpha value is -3.34. The van der Waals surface area contributed by atoms with Crippen molar-refractivity contribution in [3.63, 3.8) is 0 Å². The number of pyridine rings is 1. The molecule has 1 fully saturated rings. The van der Waals surface area contributed by atoms with Crippen LogP contribution in [0.2, 0.25) is 0 Å². The fourth-order valence-electron chi connectivity index (χ4n) is 5.56. The molecule has 2 amide bonds. The Morgan fingerprint density at radius 3 is 2.62 bits per heavy atom. The van der Waals surface area contributed by atoms with E-state index in [0.717, 1.165) is 12.8 Å². The third kappa shape index (κ3) is 3.13. The van der Waals surface area contributed by atoms with Gasteiger partial charge in [-0.15, -0.1) is 0 Å². The topological polar surface area (TPSA) is 101 Å². The molecule has 0 saturated carbocycles. The Morgan fingerprint density at radius 2 is 1.94 bits per heavy atom. The zero-order chi connectivity index (χ0) is 24.4. The summed E-state index contributed by atoms with van der Waals surface area (Å²) in [5.41, 5.74) is -2.74. The molecule has 1 unspecified atom stereocenters. The lowest BCUT2D eigenvalue weighted by atomic mass is 9.88. The number of hydrogen-bond acceptors (Lipinski definition) is 5. The molecule has 11 heteroatoms. The SMILES string of the molecule is CO[C@H]1CC23CCCCN(C2)C(=O)c2c(O)c(=O)c(C(=O)NCc4c(F)cc(F)cc4F)c1n23. The first-order valence-electron chi connectivity index (χ1n) is 10.9. The van der Waals surface area contributed by atoms with E-state index in [9.17, 15) is 32.7 Å². The predicted octanol–water partition coefficient (Wildman–Crippen LogP) is 2.33. The molecule has 0 aliphatic carbocycles. The molecule has 8 nitrogen and oxygen atoms in total. The molecule has 3 aliphatic rings. The molecule has 2 bridgehead atoms. The largest absolute Gasteiger partial charge is 0.503 e. The van der Waals surface area contributed by atoms with E-state index < -0.39 is 69.8 Å². The van der Waals surface area contributed by atoms with Gasteiger partial charge in [0.15, 0.2) is 11.4 Å². The van der Waals surface area contributed by atoms with Crippen molar-refractivity contribution in [2.24, 2.45) is 0 Å². The maximum Gasteiger partial charge on any atom is 0.274 e. The van der Waals surface area contributed by atoms with Crippen LogP contribution in [0, 0.1) is 17.5 Å². The molecule has 1 saturated heterocycles. The molecule has 5 rings (SSSR count). The molecule has 0 radical (unpaired) electrons. The van der Waals surface area contributed by atoms with E-state index in [1.54, 1.807) is 9.47 Å². The summed E-state index contributed by atoms with van der Waals surface area (Å²) >= 11 is 0. The number of nitrogens with zero attached hydrogens (tertiary/aromatic N) is 2. The van der Waals surface area contributed by atoms with Crippen LogP contribution in [0.25, 0.3) is 0 Å². The van der Waals surface area contributed by atoms with Crippen LogP contribution >= 0.6 is 0 Å². The van der Waals surface area contributed by atoms with Crippen LogP contribution in [-0.2, 0) is 16.8 Å². The number of carbonyl (C=O) groups excluding carboxylic acids is 2. The minimum atomic E-state index is -1.19. The maximum atomic E-state index is 14.0. The quantitative estimate of drug-likeness (QED) is 0.704. The summed E-state index contributed by atoms with van der Waals surface area (Å²) in [6.07, 6.45) is 1.91. The van der Waals surface area contributed by atoms with Crippen molar-refractivity contribution in [3.8, 4) is 5.75 Å². The molecule has 1 aromatic heterocycles. The van der Waals surface area contributed by atoms with E-state index in [4.69, 9.17) is 4.74 Å². The Kier molecular flexibility index (Phi) is 5.19. The van der Waals surface area contributed by atoms with Gasteiger partial charge in [-0.25, -0.2) is 13.2 Å². The second-order valence-corrected chi connectivity index (χ2v) is 8.99. The van der Waals surface area contributed by atoms with Crippen LogP contribution < -0.4 is 10.7 Å². The average Bonchev–Trinajstić information content (AvgIpc) is 2.96. The normalized spacial score (nSPS) is 23.0. The summed E-state index contributed by atoms with van der Waals surface area (Å²) in [5, 5.41) is 13.0. The van der Waals surface area contributed by atoms with Crippen LogP contribution in [0.5, 0.6) is 5.75 Å². The average molecular weight is 477 g/mol. The van der Waals surface area contributed by atoms with Crippen molar-refractivity contribution in [3.05, 3.63) is 62.3 Å². The molecular weight excluding hydrogens is 455 g/mol. The van der Waals surface area contributed by atoms with E-state index in [2.05, 4.69) is 5.32 Å². The number of halogens is 3. The van der Waals surface area contributed by atoms with Crippen molar-refractivity contribution in [1.29, 1.82) is 0 Å². The fraction of sp³-hybridized carbons (Fsp3) is 0.435. The number of aromatic hydroxyl groups is 1. The minimum absolute atomic E-state index is 0.160. The van der Waals surface area contributed by atoms with Gasteiger partial charge in [-0.1, -0.05) is 0 Å². The molecule has 2 N–H and O–H groups in total. The van der Waals surface area contributed by atoms with Gasteiger partial charge in [-0.2, -0.15) is 0 Å². The smallest absolute Gasteiger partial charge is 0.274 e. The minimum Gasteiger partial charge on any atom is -0.503 e. The van der Waals surface area contributed by atoms with Crippen LogP contribution in [-0.4, -0.2) is 46.6 Å². The van der Waals surface area contributed by atoms with Gasteiger partial charge < -0.3 is 24.6 Å². The second-order valence-electron chi connectivity index (χ2n) is 8.99. The standard InChI is InChI=1S/C23H22F3N3O5/c1-34-15-8-23-4-2-3-5-28(10-23)22(33)18-20(31)19(30)16(17(15)29(18)23)21(32)27-9-12-13(25)6-11(24)7-14(12)26/h6-7,15,31H,2-5,8-10H2,1H3,(H,27,32)/t15-,23?/m0/s1. The lowest BCUT2D eigenvalue weighted by Crippen LogP contribution is -2.52. The molecule has 3 aliphatic heterocycles. The van der Waals surface area contributed by atoms with Gasteiger partial charge in [0.05, 0.1) is 11.2 Å². The van der Waals surface area contributed by atoms with Crippen LogP contribution in [0.15, 0.2) is 16.9 Å². The molecule has 34 heavy (non-hydrogen) atoms. The summed E-state index contributed by atoms with van der Waals surface area (Å²) < 4.78 is 48.4. The van der Waals surface area contributed by atoms with Crippen molar-refractivity contribution in [2.45, 2.75) is 43.9 Å². The molecule has 2 aromatic rings. The highest BCUT2D eigenvalue weighted by Gasteiger charge is 2.54. The number of carbonyl (C=O) groups is 2.